The van der Waals surface area contributed by atoms with Crippen LogP contribution in [0.5, 0.6) is 0 Å². The molecule has 0 atom stereocenters. The second-order valence-corrected chi connectivity index (χ2v) is 3.08. The van der Waals surface area contributed by atoms with Crippen LogP contribution in [0.3, 0.4) is 0 Å². The average molecular weight is 217 g/mol. The summed E-state index contributed by atoms with van der Waals surface area (Å²) in [6, 6.07) is 5.09. The number of carbonyl (C=O) groups is 1. The molecule has 0 bridgehead atoms. The zero-order valence-corrected chi connectivity index (χ0v) is 8.63. The van der Waals surface area contributed by atoms with E-state index in [0.29, 0.717) is 17.9 Å². The van der Waals surface area contributed by atoms with Gasteiger partial charge in [0.05, 0.1) is 11.6 Å². The van der Waals surface area contributed by atoms with Crippen molar-refractivity contribution >= 4 is 11.8 Å². The zero-order valence-electron chi connectivity index (χ0n) is 8.63. The molecule has 16 heavy (non-hydrogen) atoms. The number of anilines is 1. The van der Waals surface area contributed by atoms with Crippen LogP contribution in [0.25, 0.3) is 0 Å². The number of aromatic nitrogens is 1. The first-order valence-electron chi connectivity index (χ1n) is 4.61. The molecule has 0 fully saturated rings. The molecule has 0 aromatic carbocycles. The lowest BCUT2D eigenvalue weighted by Crippen LogP contribution is -2.30. The fraction of sp³-hybridized carbons (Fsp3) is 0.182. The standard InChI is InChI=1S/C11H11N3O2/c1-2-5-14(8-11(15)16)10-6-9(7-12)3-4-13-10/h2-4,6H,1,5,8H2,(H,15,16). The summed E-state index contributed by atoms with van der Waals surface area (Å²) in [6.45, 7) is 3.74. The lowest BCUT2D eigenvalue weighted by atomic mass is 10.3. The SMILES string of the molecule is C=CCN(CC(=O)O)c1cc(C#N)ccn1. The second kappa shape index (κ2) is 5.51. The van der Waals surface area contributed by atoms with E-state index in [1.165, 1.54) is 11.1 Å². The molecule has 5 heteroatoms. The Hall–Kier alpha value is -2.35. The lowest BCUT2D eigenvalue weighted by Gasteiger charge is -2.19. The van der Waals surface area contributed by atoms with E-state index in [-0.39, 0.29) is 6.54 Å². The molecule has 1 N–H and O–H groups in total. The Morgan fingerprint density at radius 2 is 2.50 bits per heavy atom. The topological polar surface area (TPSA) is 77.2 Å². The Bertz CT molecular complexity index is 437. The van der Waals surface area contributed by atoms with Gasteiger partial charge in [0.2, 0.25) is 0 Å². The van der Waals surface area contributed by atoms with Crippen molar-refractivity contribution in [2.45, 2.75) is 0 Å². The summed E-state index contributed by atoms with van der Waals surface area (Å²) in [4.78, 5) is 16.2. The van der Waals surface area contributed by atoms with Gasteiger partial charge in [-0.25, -0.2) is 4.98 Å². The maximum absolute atomic E-state index is 10.6. The molecule has 0 radical (unpaired) electrons. The number of carboxylic acid groups (broad SMARTS) is 1. The van der Waals surface area contributed by atoms with E-state index in [9.17, 15) is 4.79 Å². The molecule has 5 nitrogen and oxygen atoms in total. The van der Waals surface area contributed by atoms with Gasteiger partial charge < -0.3 is 10.0 Å². The molecule has 1 aromatic rings. The molecule has 0 spiro atoms. The molecule has 0 aliphatic heterocycles. The van der Waals surface area contributed by atoms with Crippen LogP contribution >= 0.6 is 0 Å². The van der Waals surface area contributed by atoms with Gasteiger partial charge in [-0.15, -0.1) is 6.58 Å². The fourth-order valence-corrected chi connectivity index (χ4v) is 1.22. The Morgan fingerprint density at radius 1 is 1.75 bits per heavy atom. The van der Waals surface area contributed by atoms with Gasteiger partial charge >= 0.3 is 5.97 Å². The Balaban J connectivity index is 2.96. The van der Waals surface area contributed by atoms with Gasteiger partial charge in [0, 0.05) is 12.7 Å². The van der Waals surface area contributed by atoms with Gasteiger partial charge in [0.25, 0.3) is 0 Å². The van der Waals surface area contributed by atoms with Crippen LogP contribution in [-0.4, -0.2) is 29.1 Å². The van der Waals surface area contributed by atoms with Crippen molar-refractivity contribution in [2.24, 2.45) is 0 Å². The highest BCUT2D eigenvalue weighted by atomic mass is 16.4. The van der Waals surface area contributed by atoms with E-state index in [1.54, 1.807) is 18.2 Å². The van der Waals surface area contributed by atoms with Crippen LogP contribution in [0, 0.1) is 11.3 Å². The predicted molar refractivity (Wildman–Crippen MR) is 59.0 cm³/mol. The van der Waals surface area contributed by atoms with Gasteiger partial charge in [-0.3, -0.25) is 4.79 Å². The molecule has 0 unspecified atom stereocenters. The van der Waals surface area contributed by atoms with E-state index in [0.717, 1.165) is 0 Å². The summed E-state index contributed by atoms with van der Waals surface area (Å²) >= 11 is 0. The highest BCUT2D eigenvalue weighted by molar-refractivity contribution is 5.73. The lowest BCUT2D eigenvalue weighted by molar-refractivity contribution is -0.135. The van der Waals surface area contributed by atoms with Crippen LogP contribution < -0.4 is 4.90 Å². The third-order valence-corrected chi connectivity index (χ3v) is 1.87. The summed E-state index contributed by atoms with van der Waals surface area (Å²) in [5, 5.41) is 17.5. The normalized spacial score (nSPS) is 9.19. The minimum absolute atomic E-state index is 0.173. The van der Waals surface area contributed by atoms with Gasteiger partial charge in [0.15, 0.2) is 0 Å². The first-order valence-corrected chi connectivity index (χ1v) is 4.61. The third kappa shape index (κ3) is 3.10. The van der Waals surface area contributed by atoms with Crippen molar-refractivity contribution < 1.29 is 9.90 Å². The first-order chi connectivity index (χ1) is 7.67. The van der Waals surface area contributed by atoms with Gasteiger partial charge in [-0.05, 0) is 12.1 Å². The molecule has 82 valence electrons. The van der Waals surface area contributed by atoms with Gasteiger partial charge in [-0.2, -0.15) is 5.26 Å². The number of nitrogens with zero attached hydrogens (tertiary/aromatic N) is 3. The molecule has 1 rings (SSSR count). The number of carboxylic acids is 1. The summed E-state index contributed by atoms with van der Waals surface area (Å²) < 4.78 is 0. The van der Waals surface area contributed by atoms with Crippen molar-refractivity contribution in [3.05, 3.63) is 36.5 Å². The summed E-state index contributed by atoms with van der Waals surface area (Å²) in [6.07, 6.45) is 3.06. The monoisotopic (exact) mass is 217 g/mol. The van der Waals surface area contributed by atoms with Crippen LogP contribution in [0.2, 0.25) is 0 Å². The van der Waals surface area contributed by atoms with E-state index in [2.05, 4.69) is 11.6 Å². The zero-order chi connectivity index (χ0) is 12.0. The Labute approximate surface area is 93.3 Å². The van der Waals surface area contributed by atoms with Crippen LogP contribution in [-0.2, 0) is 4.79 Å². The minimum atomic E-state index is -0.953. The van der Waals surface area contributed by atoms with Gasteiger partial charge in [0.1, 0.15) is 12.4 Å². The van der Waals surface area contributed by atoms with E-state index < -0.39 is 5.97 Å². The van der Waals surface area contributed by atoms with E-state index in [1.807, 2.05) is 6.07 Å². The second-order valence-electron chi connectivity index (χ2n) is 3.08. The Morgan fingerprint density at radius 3 is 3.06 bits per heavy atom. The minimum Gasteiger partial charge on any atom is -0.480 e. The molecule has 0 amide bonds. The summed E-state index contributed by atoms with van der Waals surface area (Å²) in [7, 11) is 0. The first kappa shape index (κ1) is 11.7. The molecule has 0 aliphatic carbocycles. The molecule has 0 aliphatic rings. The quantitative estimate of drug-likeness (QED) is 0.745. The molecule has 0 saturated heterocycles. The van der Waals surface area contributed by atoms with Crippen LogP contribution in [0.15, 0.2) is 31.0 Å². The smallest absolute Gasteiger partial charge is 0.323 e. The highest BCUT2D eigenvalue weighted by Crippen LogP contribution is 2.11. The number of hydrogen-bond acceptors (Lipinski definition) is 4. The molecular formula is C11H11N3O2. The third-order valence-electron chi connectivity index (χ3n) is 1.87. The molecular weight excluding hydrogens is 206 g/mol. The molecule has 1 aromatic heterocycles. The summed E-state index contributed by atoms with van der Waals surface area (Å²) in [5.74, 6) is -0.493. The maximum Gasteiger partial charge on any atom is 0.323 e. The summed E-state index contributed by atoms with van der Waals surface area (Å²) in [5.41, 5.74) is 0.449. The van der Waals surface area contributed by atoms with Crippen molar-refractivity contribution in [1.82, 2.24) is 4.98 Å². The number of pyridine rings is 1. The van der Waals surface area contributed by atoms with E-state index in [4.69, 9.17) is 10.4 Å². The largest absolute Gasteiger partial charge is 0.480 e. The maximum atomic E-state index is 10.6. The van der Waals surface area contributed by atoms with Crippen LogP contribution in [0.1, 0.15) is 5.56 Å². The van der Waals surface area contributed by atoms with Crippen LogP contribution in [0.4, 0.5) is 5.82 Å². The number of aliphatic carboxylic acids is 1. The van der Waals surface area contributed by atoms with Crippen molar-refractivity contribution in [3.8, 4) is 6.07 Å². The fourth-order valence-electron chi connectivity index (χ4n) is 1.22. The number of nitriles is 1. The van der Waals surface area contributed by atoms with E-state index >= 15 is 0 Å². The number of hydrogen-bond donors (Lipinski definition) is 1. The van der Waals surface area contributed by atoms with Crippen molar-refractivity contribution in [2.75, 3.05) is 18.0 Å². The molecule has 0 saturated carbocycles. The van der Waals surface area contributed by atoms with Crippen molar-refractivity contribution in [1.29, 1.82) is 5.26 Å². The molecule has 1 heterocycles. The number of rotatable bonds is 5. The predicted octanol–water partition coefficient (Wildman–Crippen LogP) is 1.03. The van der Waals surface area contributed by atoms with Crippen molar-refractivity contribution in [3.63, 3.8) is 0 Å². The highest BCUT2D eigenvalue weighted by Gasteiger charge is 2.10. The Kier molecular flexibility index (Phi) is 4.04. The van der Waals surface area contributed by atoms with Gasteiger partial charge in [-0.1, -0.05) is 6.08 Å². The average Bonchev–Trinajstić information content (AvgIpc) is 2.28.